The number of nitrogens with one attached hydrogen (secondary N) is 1. The maximum Gasteiger partial charge on any atom is 0.271 e. The molecule has 0 radical (unpaired) electrons. The summed E-state index contributed by atoms with van der Waals surface area (Å²) in [5, 5.41) is 6.06. The third-order valence-electron chi connectivity index (χ3n) is 2.84. The highest BCUT2D eigenvalue weighted by atomic mass is 32.1. The second kappa shape index (κ2) is 6.41. The summed E-state index contributed by atoms with van der Waals surface area (Å²) >= 11 is 1.58. The highest BCUT2D eigenvalue weighted by molar-refractivity contribution is 7.12. The van der Waals surface area contributed by atoms with Gasteiger partial charge in [0.05, 0.1) is 5.71 Å². The lowest BCUT2D eigenvalue weighted by atomic mass is 10.2. The van der Waals surface area contributed by atoms with E-state index in [1.807, 2.05) is 24.4 Å². The topological polar surface area (TPSA) is 59.9 Å². The zero-order chi connectivity index (χ0) is 13.9. The van der Waals surface area contributed by atoms with E-state index in [4.69, 9.17) is 9.47 Å². The highest BCUT2D eigenvalue weighted by Gasteiger charge is 2.16. The van der Waals surface area contributed by atoms with Crippen molar-refractivity contribution in [1.82, 2.24) is 5.43 Å². The van der Waals surface area contributed by atoms with Crippen molar-refractivity contribution in [2.75, 3.05) is 6.79 Å². The van der Waals surface area contributed by atoms with Gasteiger partial charge in [-0.05, 0) is 36.6 Å². The van der Waals surface area contributed by atoms with E-state index in [2.05, 4.69) is 10.5 Å². The number of thiophene rings is 1. The third-order valence-corrected chi connectivity index (χ3v) is 3.82. The molecule has 0 aliphatic carbocycles. The molecule has 1 N–H and O–H groups in total. The molecule has 0 fully saturated rings. The number of nitrogens with zero attached hydrogens (tertiary/aromatic N) is 1. The van der Waals surface area contributed by atoms with Crippen LogP contribution in [0.15, 0.2) is 40.8 Å². The van der Waals surface area contributed by atoms with Gasteiger partial charge in [0.15, 0.2) is 11.5 Å². The Morgan fingerprint density at radius 3 is 2.86 bits per heavy atom. The van der Waals surface area contributed by atoms with Crippen LogP contribution in [0.25, 0.3) is 0 Å². The summed E-state index contributed by atoms with van der Waals surface area (Å²) in [7, 11) is 0. The Balaban J connectivity index is 0.00000161. The van der Waals surface area contributed by atoms with Gasteiger partial charge in [-0.2, -0.15) is 5.10 Å². The predicted molar refractivity (Wildman–Crippen MR) is 83.3 cm³/mol. The maximum atomic E-state index is 12.0. The van der Waals surface area contributed by atoms with Crippen LogP contribution in [0.5, 0.6) is 11.5 Å². The van der Waals surface area contributed by atoms with Crippen molar-refractivity contribution < 1.29 is 14.3 Å². The lowest BCUT2D eigenvalue weighted by Crippen LogP contribution is -2.19. The van der Waals surface area contributed by atoms with Gasteiger partial charge < -0.3 is 9.47 Å². The Morgan fingerprint density at radius 1 is 1.29 bits per heavy atom. The SMILES string of the molecule is C.C/C(=N\NC(=O)c1ccc2c(c1)OCO2)c1cccs1. The monoisotopic (exact) mass is 304 g/mol. The third kappa shape index (κ3) is 3.22. The number of fused-ring (bicyclic) bond motifs is 1. The van der Waals surface area contributed by atoms with Gasteiger partial charge >= 0.3 is 0 Å². The van der Waals surface area contributed by atoms with Gasteiger partial charge in [-0.1, -0.05) is 13.5 Å². The Labute approximate surface area is 127 Å². The van der Waals surface area contributed by atoms with Gasteiger partial charge in [0.1, 0.15) is 0 Å². The molecule has 3 rings (SSSR count). The van der Waals surface area contributed by atoms with Crippen LogP contribution < -0.4 is 14.9 Å². The molecule has 0 saturated heterocycles. The molecule has 5 nitrogen and oxygen atoms in total. The lowest BCUT2D eigenvalue weighted by molar-refractivity contribution is 0.0954. The molecule has 110 valence electrons. The summed E-state index contributed by atoms with van der Waals surface area (Å²) in [4.78, 5) is 13.0. The number of rotatable bonds is 3. The van der Waals surface area contributed by atoms with Gasteiger partial charge in [0.25, 0.3) is 5.91 Å². The van der Waals surface area contributed by atoms with Crippen LogP contribution >= 0.6 is 11.3 Å². The molecule has 21 heavy (non-hydrogen) atoms. The van der Waals surface area contributed by atoms with Crippen molar-refractivity contribution >= 4 is 23.0 Å². The van der Waals surface area contributed by atoms with Crippen molar-refractivity contribution in [2.24, 2.45) is 5.10 Å². The molecule has 1 amide bonds. The summed E-state index contributed by atoms with van der Waals surface area (Å²) in [6.45, 7) is 2.04. The van der Waals surface area contributed by atoms with Crippen LogP contribution in [-0.2, 0) is 0 Å². The zero-order valence-electron chi connectivity index (χ0n) is 10.8. The van der Waals surface area contributed by atoms with E-state index in [1.165, 1.54) is 0 Å². The zero-order valence-corrected chi connectivity index (χ0v) is 11.6. The van der Waals surface area contributed by atoms with Gasteiger partial charge in [0.2, 0.25) is 6.79 Å². The fourth-order valence-corrected chi connectivity index (χ4v) is 2.45. The molecular formula is C15H16N2O3S. The minimum Gasteiger partial charge on any atom is -0.454 e. The summed E-state index contributed by atoms with van der Waals surface area (Å²) in [6.07, 6.45) is 0. The number of amides is 1. The number of carbonyl (C=O) groups is 1. The first-order valence-corrected chi connectivity index (χ1v) is 6.90. The van der Waals surface area contributed by atoms with Crippen LogP contribution in [0, 0.1) is 0 Å². The maximum absolute atomic E-state index is 12.0. The fourth-order valence-electron chi connectivity index (χ4n) is 1.78. The van der Waals surface area contributed by atoms with Gasteiger partial charge in [0, 0.05) is 10.4 Å². The van der Waals surface area contributed by atoms with Crippen molar-refractivity contribution in [2.45, 2.75) is 14.4 Å². The molecule has 2 aromatic rings. The number of ether oxygens (including phenoxy) is 2. The largest absolute Gasteiger partial charge is 0.454 e. The molecule has 0 atom stereocenters. The van der Waals surface area contributed by atoms with Crippen molar-refractivity contribution in [3.05, 3.63) is 46.2 Å². The quantitative estimate of drug-likeness (QED) is 0.699. The number of hydrogen-bond donors (Lipinski definition) is 1. The molecule has 1 aliphatic heterocycles. The van der Waals surface area contributed by atoms with Gasteiger partial charge in [-0.25, -0.2) is 5.43 Å². The standard InChI is InChI=1S/C14H12N2O3S.CH4/c1-9(13-3-2-6-20-13)15-16-14(17)10-4-5-11-12(7-10)19-8-18-11;/h2-7H,8H2,1H3,(H,16,17);1H4/b15-9+;. The van der Waals surface area contributed by atoms with Crippen molar-refractivity contribution in [3.63, 3.8) is 0 Å². The normalized spacial score (nSPS) is 12.7. The lowest BCUT2D eigenvalue weighted by Gasteiger charge is -2.02. The Hall–Kier alpha value is -2.34. The molecule has 0 spiro atoms. The smallest absolute Gasteiger partial charge is 0.271 e. The predicted octanol–water partition coefficient (Wildman–Crippen LogP) is 3.27. The van der Waals surface area contributed by atoms with E-state index < -0.39 is 0 Å². The Kier molecular flexibility index (Phi) is 4.59. The second-order valence-corrected chi connectivity index (χ2v) is 5.13. The average molecular weight is 304 g/mol. The number of hydrazone groups is 1. The molecule has 1 aromatic carbocycles. The molecule has 0 saturated carbocycles. The number of benzene rings is 1. The van der Waals surface area contributed by atoms with Crippen molar-refractivity contribution in [3.8, 4) is 11.5 Å². The van der Waals surface area contributed by atoms with E-state index >= 15 is 0 Å². The van der Waals surface area contributed by atoms with E-state index in [-0.39, 0.29) is 20.1 Å². The molecule has 1 aliphatic rings. The van der Waals surface area contributed by atoms with E-state index in [9.17, 15) is 4.79 Å². The van der Waals surface area contributed by atoms with Gasteiger partial charge in [-0.3, -0.25) is 4.79 Å². The van der Waals surface area contributed by atoms with Crippen LogP contribution in [0.1, 0.15) is 29.6 Å². The van der Waals surface area contributed by atoms with Gasteiger partial charge in [-0.15, -0.1) is 11.3 Å². The minimum absolute atomic E-state index is 0. The van der Waals surface area contributed by atoms with Crippen LogP contribution in [0.4, 0.5) is 0 Å². The summed E-state index contributed by atoms with van der Waals surface area (Å²) in [5.74, 6) is 0.954. The number of carbonyl (C=O) groups excluding carboxylic acids is 1. The van der Waals surface area contributed by atoms with E-state index in [0.717, 1.165) is 10.6 Å². The van der Waals surface area contributed by atoms with Crippen LogP contribution in [-0.4, -0.2) is 18.4 Å². The molecule has 6 heteroatoms. The van der Waals surface area contributed by atoms with Crippen LogP contribution in [0.3, 0.4) is 0 Å². The average Bonchev–Trinajstić information content (AvgIpc) is 3.13. The first kappa shape index (κ1) is 15.1. The second-order valence-electron chi connectivity index (χ2n) is 4.18. The molecule has 2 heterocycles. The summed E-state index contributed by atoms with van der Waals surface area (Å²) in [6, 6.07) is 8.94. The first-order valence-electron chi connectivity index (χ1n) is 6.02. The minimum atomic E-state index is -0.279. The molecular weight excluding hydrogens is 288 g/mol. The Morgan fingerprint density at radius 2 is 2.10 bits per heavy atom. The Bertz CT molecular complexity index is 666. The first-order chi connectivity index (χ1) is 9.74. The fraction of sp³-hybridized carbons (Fsp3) is 0.200. The molecule has 0 unspecified atom stereocenters. The van der Waals surface area contributed by atoms with E-state index in [1.54, 1.807) is 29.5 Å². The molecule has 1 aromatic heterocycles. The van der Waals surface area contributed by atoms with Crippen LogP contribution in [0.2, 0.25) is 0 Å². The number of hydrogen-bond acceptors (Lipinski definition) is 5. The summed E-state index contributed by atoms with van der Waals surface area (Å²) in [5.41, 5.74) is 3.79. The van der Waals surface area contributed by atoms with E-state index in [0.29, 0.717) is 17.1 Å². The summed E-state index contributed by atoms with van der Waals surface area (Å²) < 4.78 is 10.4. The highest BCUT2D eigenvalue weighted by Crippen LogP contribution is 2.32. The van der Waals surface area contributed by atoms with Crippen molar-refractivity contribution in [1.29, 1.82) is 0 Å². The molecule has 0 bridgehead atoms.